The van der Waals surface area contributed by atoms with Crippen LogP contribution in [0, 0.1) is 0 Å². The summed E-state index contributed by atoms with van der Waals surface area (Å²) in [5.74, 6) is 0. The fourth-order valence-corrected chi connectivity index (χ4v) is 3.00. The first kappa shape index (κ1) is 15.3. The Hall–Kier alpha value is -1.06. The van der Waals surface area contributed by atoms with E-state index in [9.17, 15) is 0 Å². The first-order chi connectivity index (χ1) is 9.69. The second-order valence-electron chi connectivity index (χ2n) is 5.70. The first-order valence-electron chi connectivity index (χ1n) is 7.85. The number of ether oxygens (including phenoxy) is 1. The van der Waals surface area contributed by atoms with E-state index in [4.69, 9.17) is 4.74 Å². The van der Waals surface area contributed by atoms with Crippen LogP contribution in [-0.2, 0) is 4.74 Å². The third-order valence-corrected chi connectivity index (χ3v) is 4.32. The highest BCUT2D eigenvalue weighted by Gasteiger charge is 2.25. The highest BCUT2D eigenvalue weighted by molar-refractivity contribution is 5.49. The van der Waals surface area contributed by atoms with E-state index in [2.05, 4.69) is 55.3 Å². The Labute approximate surface area is 123 Å². The molecule has 3 atom stereocenters. The Morgan fingerprint density at radius 2 is 2.00 bits per heavy atom. The zero-order valence-electron chi connectivity index (χ0n) is 13.2. The molecule has 1 N–H and O–H groups in total. The molecule has 3 unspecified atom stereocenters. The van der Waals surface area contributed by atoms with Crippen LogP contribution < -0.4 is 10.2 Å². The van der Waals surface area contributed by atoms with Crippen LogP contribution in [0.5, 0.6) is 0 Å². The molecule has 1 heterocycles. The Balaban J connectivity index is 2.15. The summed E-state index contributed by atoms with van der Waals surface area (Å²) in [4.78, 5) is 2.50. The molecule has 0 aromatic heterocycles. The van der Waals surface area contributed by atoms with E-state index in [1.165, 1.54) is 11.3 Å². The molecule has 20 heavy (non-hydrogen) atoms. The highest BCUT2D eigenvalue weighted by Crippen LogP contribution is 2.26. The molecule has 2 rings (SSSR count). The standard InChI is InChI=1S/C17H28N2O/c1-5-15-12-20-13(3)11-19(15)16-9-7-14(8-10-16)17(6-2)18-4/h7-10,13,15,17-18H,5-6,11-12H2,1-4H3. The number of nitrogens with one attached hydrogen (secondary N) is 1. The number of rotatable bonds is 5. The molecule has 0 radical (unpaired) electrons. The predicted molar refractivity (Wildman–Crippen MR) is 85.4 cm³/mol. The minimum absolute atomic E-state index is 0.318. The number of benzene rings is 1. The second-order valence-corrected chi connectivity index (χ2v) is 5.70. The van der Waals surface area contributed by atoms with E-state index in [1.54, 1.807) is 0 Å². The molecule has 1 aromatic carbocycles. The van der Waals surface area contributed by atoms with Crippen molar-refractivity contribution in [2.75, 3.05) is 25.1 Å². The molecule has 0 aliphatic carbocycles. The molecule has 1 fully saturated rings. The fourth-order valence-electron chi connectivity index (χ4n) is 3.00. The van der Waals surface area contributed by atoms with Gasteiger partial charge in [0, 0.05) is 18.3 Å². The topological polar surface area (TPSA) is 24.5 Å². The first-order valence-corrected chi connectivity index (χ1v) is 7.85. The van der Waals surface area contributed by atoms with Crippen molar-refractivity contribution >= 4 is 5.69 Å². The van der Waals surface area contributed by atoms with Crippen LogP contribution in [-0.4, -0.2) is 32.3 Å². The Bertz CT molecular complexity index is 400. The normalized spacial score (nSPS) is 24.7. The van der Waals surface area contributed by atoms with E-state index in [0.29, 0.717) is 18.2 Å². The maximum absolute atomic E-state index is 5.78. The minimum atomic E-state index is 0.318. The molecule has 1 aliphatic rings. The molecule has 112 valence electrons. The van der Waals surface area contributed by atoms with Gasteiger partial charge in [-0.2, -0.15) is 0 Å². The van der Waals surface area contributed by atoms with Crippen molar-refractivity contribution in [3.05, 3.63) is 29.8 Å². The second kappa shape index (κ2) is 7.09. The molecule has 1 aliphatic heterocycles. The summed E-state index contributed by atoms with van der Waals surface area (Å²) in [6.07, 6.45) is 2.56. The Morgan fingerprint density at radius 1 is 1.30 bits per heavy atom. The summed E-state index contributed by atoms with van der Waals surface area (Å²) >= 11 is 0. The van der Waals surface area contributed by atoms with Gasteiger partial charge in [0.05, 0.1) is 18.8 Å². The zero-order chi connectivity index (χ0) is 14.5. The van der Waals surface area contributed by atoms with E-state index >= 15 is 0 Å². The molecule has 1 aromatic rings. The third-order valence-electron chi connectivity index (χ3n) is 4.32. The number of hydrogen-bond acceptors (Lipinski definition) is 3. The number of nitrogens with zero attached hydrogens (tertiary/aromatic N) is 1. The lowest BCUT2D eigenvalue weighted by Crippen LogP contribution is -2.48. The lowest BCUT2D eigenvalue weighted by Gasteiger charge is -2.40. The van der Waals surface area contributed by atoms with E-state index in [0.717, 1.165) is 26.0 Å². The predicted octanol–water partition coefficient (Wildman–Crippen LogP) is 3.36. The maximum atomic E-state index is 5.78. The van der Waals surface area contributed by atoms with E-state index in [-0.39, 0.29) is 0 Å². The van der Waals surface area contributed by atoms with Crippen LogP contribution in [0.15, 0.2) is 24.3 Å². The summed E-state index contributed by atoms with van der Waals surface area (Å²) in [7, 11) is 2.03. The Morgan fingerprint density at radius 3 is 2.55 bits per heavy atom. The van der Waals surface area contributed by atoms with Gasteiger partial charge in [-0.05, 0) is 44.5 Å². The van der Waals surface area contributed by atoms with Gasteiger partial charge in [0.15, 0.2) is 0 Å². The number of anilines is 1. The molecule has 0 amide bonds. The SMILES string of the molecule is CCC(NC)c1ccc(N2CC(C)OCC2CC)cc1. The van der Waals surface area contributed by atoms with E-state index in [1.807, 2.05) is 7.05 Å². The van der Waals surface area contributed by atoms with Gasteiger partial charge < -0.3 is 15.0 Å². The van der Waals surface area contributed by atoms with Gasteiger partial charge in [0.1, 0.15) is 0 Å². The quantitative estimate of drug-likeness (QED) is 0.892. The van der Waals surface area contributed by atoms with Crippen LogP contribution in [0.3, 0.4) is 0 Å². The van der Waals surface area contributed by atoms with Gasteiger partial charge in [-0.15, -0.1) is 0 Å². The average molecular weight is 276 g/mol. The average Bonchev–Trinajstić information content (AvgIpc) is 2.49. The van der Waals surface area contributed by atoms with Crippen LogP contribution in [0.2, 0.25) is 0 Å². The van der Waals surface area contributed by atoms with Crippen LogP contribution in [0.1, 0.15) is 45.2 Å². The summed E-state index contributed by atoms with van der Waals surface area (Å²) in [6.45, 7) is 8.43. The maximum Gasteiger partial charge on any atom is 0.0723 e. The fraction of sp³-hybridized carbons (Fsp3) is 0.647. The molecular weight excluding hydrogens is 248 g/mol. The van der Waals surface area contributed by atoms with Crippen LogP contribution >= 0.6 is 0 Å². The van der Waals surface area contributed by atoms with E-state index < -0.39 is 0 Å². The zero-order valence-corrected chi connectivity index (χ0v) is 13.2. The van der Waals surface area contributed by atoms with Crippen LogP contribution in [0.25, 0.3) is 0 Å². The van der Waals surface area contributed by atoms with Crippen LogP contribution in [0.4, 0.5) is 5.69 Å². The van der Waals surface area contributed by atoms with Gasteiger partial charge in [0.2, 0.25) is 0 Å². The molecule has 0 saturated carbocycles. The van der Waals surface area contributed by atoms with Crippen molar-refractivity contribution < 1.29 is 4.74 Å². The smallest absolute Gasteiger partial charge is 0.0723 e. The van der Waals surface area contributed by atoms with Crippen molar-refractivity contribution in [3.63, 3.8) is 0 Å². The largest absolute Gasteiger partial charge is 0.375 e. The van der Waals surface area contributed by atoms with Crippen molar-refractivity contribution in [1.82, 2.24) is 5.32 Å². The highest BCUT2D eigenvalue weighted by atomic mass is 16.5. The van der Waals surface area contributed by atoms with Gasteiger partial charge in [0.25, 0.3) is 0 Å². The lowest BCUT2D eigenvalue weighted by molar-refractivity contribution is 0.0299. The lowest BCUT2D eigenvalue weighted by atomic mass is 10.0. The molecule has 3 nitrogen and oxygen atoms in total. The minimum Gasteiger partial charge on any atom is -0.375 e. The molecular formula is C17H28N2O. The monoisotopic (exact) mass is 276 g/mol. The van der Waals surface area contributed by atoms with Gasteiger partial charge in [-0.3, -0.25) is 0 Å². The van der Waals surface area contributed by atoms with Gasteiger partial charge >= 0.3 is 0 Å². The number of morpholine rings is 1. The van der Waals surface area contributed by atoms with Gasteiger partial charge in [-0.25, -0.2) is 0 Å². The molecule has 0 bridgehead atoms. The summed E-state index contributed by atoms with van der Waals surface area (Å²) in [6, 6.07) is 9.99. The molecule has 1 saturated heterocycles. The van der Waals surface area contributed by atoms with Crippen molar-refractivity contribution in [3.8, 4) is 0 Å². The summed E-state index contributed by atoms with van der Waals surface area (Å²) < 4.78 is 5.78. The van der Waals surface area contributed by atoms with Crippen molar-refractivity contribution in [2.45, 2.75) is 51.8 Å². The molecule has 0 spiro atoms. The summed E-state index contributed by atoms with van der Waals surface area (Å²) in [5, 5.41) is 3.36. The Kier molecular flexibility index (Phi) is 5.44. The third kappa shape index (κ3) is 3.33. The van der Waals surface area contributed by atoms with Crippen molar-refractivity contribution in [1.29, 1.82) is 0 Å². The summed E-state index contributed by atoms with van der Waals surface area (Å²) in [5.41, 5.74) is 2.69. The molecule has 3 heteroatoms. The van der Waals surface area contributed by atoms with Crippen molar-refractivity contribution in [2.24, 2.45) is 0 Å². The van der Waals surface area contributed by atoms with Gasteiger partial charge in [-0.1, -0.05) is 26.0 Å². The number of hydrogen-bond donors (Lipinski definition) is 1.